The van der Waals surface area contributed by atoms with Crippen LogP contribution < -0.4 is 14.6 Å². The lowest BCUT2D eigenvalue weighted by atomic mass is 9.96. The molecule has 6 heteroatoms. The molecule has 114 valence electrons. The van der Waals surface area contributed by atoms with Crippen LogP contribution in [-0.4, -0.2) is 44.1 Å². The summed E-state index contributed by atoms with van der Waals surface area (Å²) >= 11 is 0. The lowest BCUT2D eigenvalue weighted by Crippen LogP contribution is -2.43. The number of carbonyl (C=O) groups excluding carboxylic acids is 2. The molecule has 1 fully saturated rings. The molecule has 0 N–H and O–H groups in total. The third kappa shape index (κ3) is 3.26. The van der Waals surface area contributed by atoms with Crippen molar-refractivity contribution in [1.29, 1.82) is 0 Å². The summed E-state index contributed by atoms with van der Waals surface area (Å²) in [6.07, 6.45) is 0.864. The van der Waals surface area contributed by atoms with Crippen LogP contribution in [0.25, 0.3) is 0 Å². The van der Waals surface area contributed by atoms with Gasteiger partial charge < -0.3 is 24.3 Å². The van der Waals surface area contributed by atoms with Crippen molar-refractivity contribution < 1.29 is 24.2 Å². The molecule has 0 unspecified atom stereocenters. The molecule has 1 aromatic carbocycles. The van der Waals surface area contributed by atoms with Gasteiger partial charge in [0.2, 0.25) is 0 Å². The van der Waals surface area contributed by atoms with E-state index in [1.807, 2.05) is 0 Å². The molecule has 21 heavy (non-hydrogen) atoms. The van der Waals surface area contributed by atoms with E-state index >= 15 is 0 Å². The largest absolute Gasteiger partial charge is 0.550 e. The number of hydrogen-bond donors (Lipinski definition) is 0. The van der Waals surface area contributed by atoms with Crippen molar-refractivity contribution in [2.45, 2.75) is 12.8 Å². The van der Waals surface area contributed by atoms with Gasteiger partial charge in [0.05, 0.1) is 14.2 Å². The van der Waals surface area contributed by atoms with E-state index in [1.165, 1.54) is 14.2 Å². The van der Waals surface area contributed by atoms with Crippen molar-refractivity contribution in [3.8, 4) is 11.5 Å². The molecular formula is C15H18NO5-. The first-order chi connectivity index (χ1) is 10.1. The van der Waals surface area contributed by atoms with Gasteiger partial charge in [0.15, 0.2) is 11.5 Å². The standard InChI is InChI=1S/C15H19NO5/c1-20-12-4-3-11(9-13(12)21-2)14(17)16-7-5-10(6-8-16)15(18)19/h3-4,9-10H,5-8H2,1-2H3,(H,18,19)/p-1. The SMILES string of the molecule is COc1ccc(C(=O)N2CCC(C(=O)[O-])CC2)cc1OC. The van der Waals surface area contributed by atoms with Gasteiger partial charge in [-0.25, -0.2) is 0 Å². The van der Waals surface area contributed by atoms with Gasteiger partial charge in [-0.3, -0.25) is 4.79 Å². The van der Waals surface area contributed by atoms with Gasteiger partial charge in [0, 0.05) is 30.5 Å². The van der Waals surface area contributed by atoms with Crippen molar-refractivity contribution in [3.63, 3.8) is 0 Å². The highest BCUT2D eigenvalue weighted by atomic mass is 16.5. The molecule has 2 rings (SSSR count). The maximum atomic E-state index is 12.4. The van der Waals surface area contributed by atoms with Gasteiger partial charge in [-0.2, -0.15) is 0 Å². The fraction of sp³-hybridized carbons (Fsp3) is 0.467. The zero-order valence-corrected chi connectivity index (χ0v) is 12.1. The molecule has 0 aliphatic carbocycles. The molecular weight excluding hydrogens is 274 g/mol. The summed E-state index contributed by atoms with van der Waals surface area (Å²) in [5.74, 6) is -0.571. The lowest BCUT2D eigenvalue weighted by Gasteiger charge is -2.32. The summed E-state index contributed by atoms with van der Waals surface area (Å²) < 4.78 is 10.3. The Bertz CT molecular complexity index is 535. The van der Waals surface area contributed by atoms with Crippen molar-refractivity contribution in [2.75, 3.05) is 27.3 Å². The quantitative estimate of drug-likeness (QED) is 0.798. The molecule has 0 bridgehead atoms. The average molecular weight is 292 g/mol. The minimum Gasteiger partial charge on any atom is -0.550 e. The number of ether oxygens (including phenoxy) is 2. The topological polar surface area (TPSA) is 78.9 Å². The summed E-state index contributed by atoms with van der Waals surface area (Å²) in [6, 6.07) is 4.99. The summed E-state index contributed by atoms with van der Waals surface area (Å²) in [5, 5.41) is 10.8. The number of benzene rings is 1. The summed E-state index contributed by atoms with van der Waals surface area (Å²) in [6.45, 7) is 0.845. The number of carbonyl (C=O) groups is 2. The minimum atomic E-state index is -1.03. The summed E-state index contributed by atoms with van der Waals surface area (Å²) in [5.41, 5.74) is 0.500. The molecule has 1 heterocycles. The maximum Gasteiger partial charge on any atom is 0.253 e. The first kappa shape index (κ1) is 15.2. The van der Waals surface area contributed by atoms with E-state index in [0.29, 0.717) is 43.0 Å². The van der Waals surface area contributed by atoms with Gasteiger partial charge in [0.1, 0.15) is 0 Å². The Balaban J connectivity index is 2.09. The Hall–Kier alpha value is -2.24. The zero-order chi connectivity index (χ0) is 15.4. The molecule has 1 saturated heterocycles. The molecule has 0 spiro atoms. The zero-order valence-electron chi connectivity index (χ0n) is 12.1. The van der Waals surface area contributed by atoms with Crippen LogP contribution in [0.3, 0.4) is 0 Å². The number of carboxylic acids is 1. The maximum absolute atomic E-state index is 12.4. The number of likely N-dealkylation sites (tertiary alicyclic amines) is 1. The minimum absolute atomic E-state index is 0.132. The predicted molar refractivity (Wildman–Crippen MR) is 73.2 cm³/mol. The summed E-state index contributed by atoms with van der Waals surface area (Å²) in [7, 11) is 3.04. The fourth-order valence-electron chi connectivity index (χ4n) is 2.47. The number of methoxy groups -OCH3 is 2. The van der Waals surface area contributed by atoms with E-state index in [4.69, 9.17) is 9.47 Å². The van der Waals surface area contributed by atoms with Crippen molar-refractivity contribution in [1.82, 2.24) is 4.90 Å². The van der Waals surface area contributed by atoms with Gasteiger partial charge in [0.25, 0.3) is 5.91 Å². The number of aliphatic carboxylic acids is 1. The number of nitrogens with zero attached hydrogens (tertiary/aromatic N) is 1. The van der Waals surface area contributed by atoms with Crippen LogP contribution in [0.15, 0.2) is 18.2 Å². The Morgan fingerprint density at radius 3 is 2.29 bits per heavy atom. The normalized spacial score (nSPS) is 15.6. The molecule has 6 nitrogen and oxygen atoms in total. The molecule has 0 atom stereocenters. The van der Waals surface area contributed by atoms with E-state index in [-0.39, 0.29) is 5.91 Å². The fourth-order valence-corrected chi connectivity index (χ4v) is 2.47. The smallest absolute Gasteiger partial charge is 0.253 e. The van der Waals surface area contributed by atoms with Crippen LogP contribution in [0.4, 0.5) is 0 Å². The number of piperidine rings is 1. The van der Waals surface area contributed by atoms with E-state index in [2.05, 4.69) is 0 Å². The van der Waals surface area contributed by atoms with E-state index in [0.717, 1.165) is 0 Å². The molecule has 0 radical (unpaired) electrons. The van der Waals surface area contributed by atoms with Gasteiger partial charge in [-0.1, -0.05) is 0 Å². The molecule has 1 aromatic rings. The van der Waals surface area contributed by atoms with Crippen LogP contribution in [0, 0.1) is 5.92 Å². The molecule has 0 saturated carbocycles. The number of rotatable bonds is 4. The van der Waals surface area contributed by atoms with Gasteiger partial charge >= 0.3 is 0 Å². The third-order valence-corrected chi connectivity index (χ3v) is 3.75. The van der Waals surface area contributed by atoms with E-state index in [9.17, 15) is 14.7 Å². The Kier molecular flexibility index (Phi) is 4.67. The Morgan fingerprint density at radius 2 is 1.76 bits per heavy atom. The van der Waals surface area contributed by atoms with Crippen LogP contribution in [0.5, 0.6) is 11.5 Å². The van der Waals surface area contributed by atoms with Crippen LogP contribution in [0.2, 0.25) is 0 Å². The highest BCUT2D eigenvalue weighted by molar-refractivity contribution is 5.95. The molecule has 1 aliphatic rings. The Morgan fingerprint density at radius 1 is 1.14 bits per heavy atom. The van der Waals surface area contributed by atoms with E-state index in [1.54, 1.807) is 23.1 Å². The molecule has 1 aliphatic heterocycles. The van der Waals surface area contributed by atoms with Crippen molar-refractivity contribution in [2.24, 2.45) is 5.92 Å². The second kappa shape index (κ2) is 6.47. The van der Waals surface area contributed by atoms with Crippen LogP contribution in [-0.2, 0) is 4.79 Å². The predicted octanol–water partition coefficient (Wildman–Crippen LogP) is 0.306. The van der Waals surface area contributed by atoms with Crippen LogP contribution >= 0.6 is 0 Å². The number of hydrogen-bond acceptors (Lipinski definition) is 5. The molecule has 1 amide bonds. The number of amides is 1. The molecule has 0 aromatic heterocycles. The second-order valence-corrected chi connectivity index (χ2v) is 4.96. The third-order valence-electron chi connectivity index (χ3n) is 3.75. The average Bonchev–Trinajstić information content (AvgIpc) is 2.53. The van der Waals surface area contributed by atoms with Crippen molar-refractivity contribution in [3.05, 3.63) is 23.8 Å². The number of carboxylic acid groups (broad SMARTS) is 1. The van der Waals surface area contributed by atoms with Gasteiger partial charge in [-0.15, -0.1) is 0 Å². The van der Waals surface area contributed by atoms with Gasteiger partial charge in [-0.05, 0) is 31.0 Å². The highest BCUT2D eigenvalue weighted by Crippen LogP contribution is 2.28. The monoisotopic (exact) mass is 292 g/mol. The Labute approximate surface area is 123 Å². The van der Waals surface area contributed by atoms with Crippen LogP contribution in [0.1, 0.15) is 23.2 Å². The summed E-state index contributed by atoms with van der Waals surface area (Å²) in [4.78, 5) is 24.9. The second-order valence-electron chi connectivity index (χ2n) is 4.96. The van der Waals surface area contributed by atoms with Crippen molar-refractivity contribution >= 4 is 11.9 Å². The van der Waals surface area contributed by atoms with E-state index < -0.39 is 11.9 Å². The first-order valence-corrected chi connectivity index (χ1v) is 6.79. The highest BCUT2D eigenvalue weighted by Gasteiger charge is 2.24. The first-order valence-electron chi connectivity index (χ1n) is 6.79. The lowest BCUT2D eigenvalue weighted by molar-refractivity contribution is -0.312.